The predicted octanol–water partition coefficient (Wildman–Crippen LogP) is 4.59. The quantitative estimate of drug-likeness (QED) is 0.591. The lowest BCUT2D eigenvalue weighted by Crippen LogP contribution is -2.37. The molecule has 1 saturated heterocycles. The third-order valence-corrected chi connectivity index (χ3v) is 8.75. The monoisotopic (exact) mass is 476 g/mol. The van der Waals surface area contributed by atoms with Gasteiger partial charge in [0.2, 0.25) is 5.91 Å². The van der Waals surface area contributed by atoms with Gasteiger partial charge in [-0.25, -0.2) is 0 Å². The van der Waals surface area contributed by atoms with E-state index in [1.807, 2.05) is 18.2 Å². The van der Waals surface area contributed by atoms with Crippen LogP contribution in [0.1, 0.15) is 42.4 Å². The first-order valence-corrected chi connectivity index (χ1v) is 12.9. The molecule has 2 aliphatic heterocycles. The smallest absolute Gasteiger partial charge is 0.235 e. The van der Waals surface area contributed by atoms with E-state index in [1.165, 1.54) is 24.0 Å². The lowest BCUT2D eigenvalue weighted by molar-refractivity contribution is -0.118. The van der Waals surface area contributed by atoms with Crippen molar-refractivity contribution >= 4 is 29.3 Å². The Bertz CT molecular complexity index is 1130. The first-order chi connectivity index (χ1) is 16.4. The summed E-state index contributed by atoms with van der Waals surface area (Å²) < 4.78 is 0. The number of benzene rings is 2. The van der Waals surface area contributed by atoms with Crippen LogP contribution in [0.25, 0.3) is 6.08 Å². The van der Waals surface area contributed by atoms with Gasteiger partial charge in [0.15, 0.2) is 0 Å². The normalized spacial score (nSPS) is 34.0. The van der Waals surface area contributed by atoms with Crippen LogP contribution in [0.3, 0.4) is 0 Å². The van der Waals surface area contributed by atoms with E-state index in [1.54, 1.807) is 0 Å². The zero-order valence-corrected chi connectivity index (χ0v) is 20.6. The number of hydrazine groups is 1. The van der Waals surface area contributed by atoms with Crippen LogP contribution in [-0.4, -0.2) is 37.0 Å². The number of hydrogen-bond acceptors (Lipinski definition) is 4. The van der Waals surface area contributed by atoms with Gasteiger partial charge in [-0.3, -0.25) is 15.6 Å². The van der Waals surface area contributed by atoms with Crippen LogP contribution >= 0.6 is 11.6 Å². The molecule has 0 aromatic heterocycles. The van der Waals surface area contributed by atoms with Crippen molar-refractivity contribution in [3.05, 3.63) is 70.3 Å². The van der Waals surface area contributed by atoms with Gasteiger partial charge in [-0.2, -0.15) is 0 Å². The minimum atomic E-state index is -0.345. The first kappa shape index (κ1) is 22.3. The van der Waals surface area contributed by atoms with Gasteiger partial charge in [-0.1, -0.05) is 48.0 Å². The van der Waals surface area contributed by atoms with E-state index in [-0.39, 0.29) is 11.3 Å². The highest BCUT2D eigenvalue weighted by molar-refractivity contribution is 6.31. The van der Waals surface area contributed by atoms with E-state index in [4.69, 9.17) is 11.6 Å². The Morgan fingerprint density at radius 3 is 2.74 bits per heavy atom. The van der Waals surface area contributed by atoms with Gasteiger partial charge in [0.25, 0.3) is 0 Å². The number of nitrogens with zero attached hydrogens (tertiary/aromatic N) is 1. The zero-order valence-electron chi connectivity index (χ0n) is 19.9. The van der Waals surface area contributed by atoms with Crippen molar-refractivity contribution in [3.8, 4) is 0 Å². The van der Waals surface area contributed by atoms with Crippen LogP contribution < -0.4 is 16.2 Å². The molecule has 1 spiro atoms. The van der Waals surface area contributed by atoms with Gasteiger partial charge >= 0.3 is 0 Å². The molecule has 5 nitrogen and oxygen atoms in total. The Morgan fingerprint density at radius 2 is 1.94 bits per heavy atom. The molecule has 2 heterocycles. The van der Waals surface area contributed by atoms with Crippen molar-refractivity contribution < 1.29 is 4.79 Å². The third-order valence-electron chi connectivity index (χ3n) is 8.51. The van der Waals surface area contributed by atoms with Gasteiger partial charge < -0.3 is 10.2 Å². The highest BCUT2D eigenvalue weighted by Crippen LogP contribution is 2.65. The maximum atomic E-state index is 13.0. The highest BCUT2D eigenvalue weighted by Gasteiger charge is 2.67. The molecule has 2 aromatic rings. The lowest BCUT2D eigenvalue weighted by Gasteiger charge is -2.33. The van der Waals surface area contributed by atoms with Crippen molar-refractivity contribution in [2.75, 3.05) is 19.4 Å². The number of fused-ring (bicyclic) bond motifs is 3. The molecule has 4 unspecified atom stereocenters. The summed E-state index contributed by atoms with van der Waals surface area (Å²) in [6, 6.07) is 15.4. The number of carbonyl (C=O) groups excluding carboxylic acids is 1. The molecule has 178 valence electrons. The molecule has 4 aliphatic rings. The summed E-state index contributed by atoms with van der Waals surface area (Å²) in [4.78, 5) is 15.1. The molecule has 3 N–H and O–H groups in total. The lowest BCUT2D eigenvalue weighted by atomic mass is 9.73. The number of rotatable bonds is 5. The van der Waals surface area contributed by atoms with Crippen LogP contribution in [0, 0.1) is 17.8 Å². The molecule has 2 saturated carbocycles. The number of carbonyl (C=O) groups is 1. The Balaban J connectivity index is 1.10. The Labute approximate surface area is 206 Å². The van der Waals surface area contributed by atoms with E-state index in [0.29, 0.717) is 34.9 Å². The summed E-state index contributed by atoms with van der Waals surface area (Å²) in [6.45, 7) is 0.964. The fourth-order valence-electron chi connectivity index (χ4n) is 6.78. The van der Waals surface area contributed by atoms with Gasteiger partial charge in [-0.05, 0) is 92.4 Å². The number of nitrogens with one attached hydrogen (secondary N) is 3. The van der Waals surface area contributed by atoms with Gasteiger partial charge in [-0.15, -0.1) is 0 Å². The maximum absolute atomic E-state index is 13.0. The fraction of sp³-hybridized carbons (Fsp3) is 0.464. The van der Waals surface area contributed by atoms with E-state index in [2.05, 4.69) is 71.6 Å². The molecule has 34 heavy (non-hydrogen) atoms. The Morgan fingerprint density at radius 1 is 1.12 bits per heavy atom. The van der Waals surface area contributed by atoms with Crippen LogP contribution in [0.2, 0.25) is 5.02 Å². The molecule has 0 bridgehead atoms. The average Bonchev–Trinajstić information content (AvgIpc) is 3.36. The van der Waals surface area contributed by atoms with Gasteiger partial charge in [0.1, 0.15) is 0 Å². The SMILES string of the molecule is CN(C)Cc1ccc(/C=C/C2NNC3CC([C@@H]4C[C@@]45C(=O)Nc4ccc(Cl)cc45)CCC23)cc1. The number of hydrogen-bond donors (Lipinski definition) is 3. The predicted molar refractivity (Wildman–Crippen MR) is 137 cm³/mol. The molecule has 0 radical (unpaired) electrons. The number of halogens is 1. The van der Waals surface area contributed by atoms with Crippen molar-refractivity contribution in [2.45, 2.75) is 49.7 Å². The van der Waals surface area contributed by atoms with Crippen molar-refractivity contribution in [3.63, 3.8) is 0 Å². The summed E-state index contributed by atoms with van der Waals surface area (Å²) in [5, 5.41) is 3.82. The standard InChI is InChI=1S/C28H33ClN4O/c1-33(2)16-18-5-3-17(4-6-18)7-11-24-21-10-8-19(13-26(21)32-31-24)23-15-28(23)22-14-20(29)9-12-25(22)30-27(28)34/h3-7,9,11-12,14,19,21,23-24,26,31-32H,8,10,13,15-16H2,1-2H3,(H,30,34)/b11-7+/t19?,21?,23-,24?,26?,28-/m0/s1. The topological polar surface area (TPSA) is 56.4 Å². The van der Waals surface area contributed by atoms with Crippen LogP contribution in [0.4, 0.5) is 5.69 Å². The second-order valence-corrected chi connectivity index (χ2v) is 11.4. The highest BCUT2D eigenvalue weighted by atomic mass is 35.5. The Hall–Kier alpha value is -2.18. The summed E-state index contributed by atoms with van der Waals surface area (Å²) in [5.41, 5.74) is 11.4. The molecule has 6 rings (SSSR count). The third kappa shape index (κ3) is 3.79. The van der Waals surface area contributed by atoms with Crippen LogP contribution in [-0.2, 0) is 16.8 Å². The van der Waals surface area contributed by atoms with Gasteiger partial charge in [0.05, 0.1) is 5.41 Å². The maximum Gasteiger partial charge on any atom is 0.235 e. The Kier molecular flexibility index (Phi) is 5.57. The molecule has 2 aromatic carbocycles. The molecule has 3 fully saturated rings. The van der Waals surface area contributed by atoms with Crippen molar-refractivity contribution in [1.29, 1.82) is 0 Å². The molecular weight excluding hydrogens is 444 g/mol. The number of amides is 1. The fourth-order valence-corrected chi connectivity index (χ4v) is 6.95. The average molecular weight is 477 g/mol. The minimum absolute atomic E-state index is 0.173. The molecule has 6 heteroatoms. The largest absolute Gasteiger partial charge is 0.325 e. The summed E-state index contributed by atoms with van der Waals surface area (Å²) in [7, 11) is 4.19. The summed E-state index contributed by atoms with van der Waals surface area (Å²) in [5.74, 6) is 1.75. The van der Waals surface area contributed by atoms with Crippen molar-refractivity contribution in [1.82, 2.24) is 15.8 Å². The summed E-state index contributed by atoms with van der Waals surface area (Å²) in [6.07, 6.45) is 9.00. The minimum Gasteiger partial charge on any atom is -0.325 e. The van der Waals surface area contributed by atoms with Gasteiger partial charge in [0, 0.05) is 29.3 Å². The van der Waals surface area contributed by atoms with E-state index >= 15 is 0 Å². The van der Waals surface area contributed by atoms with E-state index < -0.39 is 0 Å². The van der Waals surface area contributed by atoms with E-state index in [9.17, 15) is 4.79 Å². The summed E-state index contributed by atoms with van der Waals surface area (Å²) >= 11 is 6.28. The molecule has 6 atom stereocenters. The molecule has 2 aliphatic carbocycles. The second kappa shape index (κ2) is 8.49. The molecular formula is C28H33ClN4O. The zero-order chi connectivity index (χ0) is 23.4. The van der Waals surface area contributed by atoms with Crippen LogP contribution in [0.15, 0.2) is 48.5 Å². The first-order valence-electron chi connectivity index (χ1n) is 12.5. The van der Waals surface area contributed by atoms with Crippen molar-refractivity contribution in [2.24, 2.45) is 17.8 Å². The molecule has 1 amide bonds. The van der Waals surface area contributed by atoms with E-state index in [0.717, 1.165) is 30.6 Å². The second-order valence-electron chi connectivity index (χ2n) is 10.9. The van der Waals surface area contributed by atoms with Crippen LogP contribution in [0.5, 0.6) is 0 Å². The number of anilines is 1.